The highest BCUT2D eigenvalue weighted by Crippen LogP contribution is 2.34. The third-order valence-electron chi connectivity index (χ3n) is 3.41. The van der Waals surface area contributed by atoms with E-state index in [-0.39, 0.29) is 10.8 Å². The van der Waals surface area contributed by atoms with Gasteiger partial charge in [-0.1, -0.05) is 24.3 Å². The van der Waals surface area contributed by atoms with Crippen LogP contribution in [0.4, 0.5) is 18.9 Å². The number of carboxylic acids is 1. The Kier molecular flexibility index (Phi) is 6.94. The van der Waals surface area contributed by atoms with Gasteiger partial charge in [-0.3, -0.25) is 5.43 Å². The van der Waals surface area contributed by atoms with Gasteiger partial charge in [0, 0.05) is 5.56 Å². The minimum absolute atomic E-state index is 0.125. The standard InChI is InChI=1S/C18H16F3N3O3S/c1-11(12-5-4-6-13(9-12)27-10-16(25)26)23-24-17(28)22-15-8-3-2-7-14(15)18(19,20)21/h2-9H,10H2,1H3,(H,25,26)(H2,22,24,28)/p-1/b23-11-. The van der Waals surface area contributed by atoms with Crippen molar-refractivity contribution in [2.45, 2.75) is 13.1 Å². The Hall–Kier alpha value is -3.14. The molecular weight excluding hydrogens is 395 g/mol. The number of hydrazone groups is 1. The lowest BCUT2D eigenvalue weighted by Crippen LogP contribution is -2.29. The Morgan fingerprint density at radius 3 is 2.61 bits per heavy atom. The molecule has 2 rings (SSSR count). The summed E-state index contributed by atoms with van der Waals surface area (Å²) in [6.07, 6.45) is -4.52. The van der Waals surface area contributed by atoms with Crippen molar-refractivity contribution in [3.63, 3.8) is 0 Å². The summed E-state index contributed by atoms with van der Waals surface area (Å²) < 4.78 is 44.0. The van der Waals surface area contributed by atoms with Crippen LogP contribution in [0.3, 0.4) is 0 Å². The van der Waals surface area contributed by atoms with E-state index in [1.165, 1.54) is 18.2 Å². The average molecular weight is 410 g/mol. The lowest BCUT2D eigenvalue weighted by atomic mass is 10.1. The molecule has 0 saturated heterocycles. The number of thiocarbonyl (C=S) groups is 1. The van der Waals surface area contributed by atoms with Gasteiger partial charge >= 0.3 is 6.18 Å². The van der Waals surface area contributed by atoms with E-state index >= 15 is 0 Å². The second kappa shape index (κ2) is 9.18. The van der Waals surface area contributed by atoms with Gasteiger partial charge in [-0.2, -0.15) is 18.3 Å². The molecule has 0 fully saturated rings. The number of hydrogen-bond acceptors (Lipinski definition) is 5. The number of rotatable bonds is 6. The average Bonchev–Trinajstić information content (AvgIpc) is 2.64. The van der Waals surface area contributed by atoms with E-state index in [0.29, 0.717) is 17.0 Å². The fourth-order valence-corrected chi connectivity index (χ4v) is 2.30. The van der Waals surface area contributed by atoms with Crippen LogP contribution in [0.5, 0.6) is 5.75 Å². The quantitative estimate of drug-likeness (QED) is 0.433. The number of ether oxygens (including phenoxy) is 1. The van der Waals surface area contributed by atoms with E-state index < -0.39 is 24.3 Å². The normalized spacial score (nSPS) is 11.6. The highest BCUT2D eigenvalue weighted by molar-refractivity contribution is 7.80. The second-order valence-corrected chi connectivity index (χ2v) is 5.90. The number of benzene rings is 2. The van der Waals surface area contributed by atoms with Crippen molar-refractivity contribution >= 4 is 34.7 Å². The van der Waals surface area contributed by atoms with Crippen molar-refractivity contribution in [2.24, 2.45) is 5.10 Å². The molecule has 0 aliphatic carbocycles. The highest BCUT2D eigenvalue weighted by atomic mass is 32.1. The third kappa shape index (κ3) is 6.23. The maximum absolute atomic E-state index is 13.0. The zero-order chi connectivity index (χ0) is 20.7. The summed E-state index contributed by atoms with van der Waals surface area (Å²) in [5.41, 5.74) is 2.48. The number of hydrogen-bond donors (Lipinski definition) is 2. The van der Waals surface area contributed by atoms with Crippen LogP contribution < -0.4 is 20.6 Å². The van der Waals surface area contributed by atoms with Crippen LogP contribution in [-0.4, -0.2) is 23.4 Å². The van der Waals surface area contributed by atoms with Crippen LogP contribution in [0.1, 0.15) is 18.1 Å². The van der Waals surface area contributed by atoms with E-state index in [9.17, 15) is 23.1 Å². The molecule has 0 aliphatic heterocycles. The lowest BCUT2D eigenvalue weighted by molar-refractivity contribution is -0.307. The summed E-state index contributed by atoms with van der Waals surface area (Å²) in [6.45, 7) is 1.04. The first-order chi connectivity index (χ1) is 13.2. The van der Waals surface area contributed by atoms with Crippen LogP contribution in [0.15, 0.2) is 53.6 Å². The number of carboxylic acid groups (broad SMARTS) is 1. The molecule has 0 bridgehead atoms. The molecule has 28 heavy (non-hydrogen) atoms. The van der Waals surface area contributed by atoms with Gasteiger partial charge in [-0.25, -0.2) is 0 Å². The predicted molar refractivity (Wildman–Crippen MR) is 100.0 cm³/mol. The zero-order valence-corrected chi connectivity index (χ0v) is 15.4. The van der Waals surface area contributed by atoms with Crippen molar-refractivity contribution in [3.8, 4) is 5.75 Å². The van der Waals surface area contributed by atoms with Crippen molar-refractivity contribution in [1.82, 2.24) is 5.43 Å². The number of alkyl halides is 3. The molecule has 0 spiro atoms. The zero-order valence-electron chi connectivity index (χ0n) is 14.5. The van der Waals surface area contributed by atoms with Crippen LogP contribution in [-0.2, 0) is 11.0 Å². The monoisotopic (exact) mass is 410 g/mol. The molecule has 0 unspecified atom stereocenters. The Morgan fingerprint density at radius 1 is 1.21 bits per heavy atom. The number of halogens is 3. The van der Waals surface area contributed by atoms with Gasteiger partial charge in [0.2, 0.25) is 0 Å². The topological polar surface area (TPSA) is 85.8 Å². The van der Waals surface area contributed by atoms with E-state index in [0.717, 1.165) is 6.07 Å². The maximum Gasteiger partial charge on any atom is 0.418 e. The van der Waals surface area contributed by atoms with Crippen molar-refractivity contribution < 1.29 is 27.8 Å². The number of aliphatic carboxylic acids is 1. The lowest BCUT2D eigenvalue weighted by Gasteiger charge is -2.14. The summed E-state index contributed by atoms with van der Waals surface area (Å²) in [5.74, 6) is -1.05. The van der Waals surface area contributed by atoms with Crippen LogP contribution >= 0.6 is 12.2 Å². The summed E-state index contributed by atoms with van der Waals surface area (Å²) >= 11 is 4.99. The van der Waals surface area contributed by atoms with Gasteiger partial charge in [-0.05, 0) is 43.4 Å². The van der Waals surface area contributed by atoms with Gasteiger partial charge in [0.25, 0.3) is 0 Å². The molecule has 0 aliphatic rings. The first kappa shape index (κ1) is 21.2. The molecule has 2 aromatic rings. The van der Waals surface area contributed by atoms with Gasteiger partial charge in [0.05, 0.1) is 22.9 Å². The second-order valence-electron chi connectivity index (χ2n) is 5.49. The molecule has 0 atom stereocenters. The summed E-state index contributed by atoms with van der Waals surface area (Å²) in [6, 6.07) is 11.4. The Bertz CT molecular complexity index is 901. The smallest absolute Gasteiger partial charge is 0.418 e. The Labute approximate surface area is 164 Å². The molecular formula is C18H15F3N3O3S-. The Morgan fingerprint density at radius 2 is 1.93 bits per heavy atom. The number of nitrogens with one attached hydrogen (secondary N) is 2. The number of carbonyl (C=O) groups excluding carboxylic acids is 1. The predicted octanol–water partition coefficient (Wildman–Crippen LogP) is 2.54. The highest BCUT2D eigenvalue weighted by Gasteiger charge is 2.33. The van der Waals surface area contributed by atoms with Gasteiger partial charge in [-0.15, -0.1) is 0 Å². The van der Waals surface area contributed by atoms with Gasteiger partial charge < -0.3 is 20.0 Å². The summed E-state index contributed by atoms with van der Waals surface area (Å²) in [5, 5.41) is 16.8. The molecule has 148 valence electrons. The molecule has 10 heteroatoms. The Balaban J connectivity index is 2.05. The van der Waals surface area contributed by atoms with Crippen LogP contribution in [0.2, 0.25) is 0 Å². The van der Waals surface area contributed by atoms with E-state index in [2.05, 4.69) is 15.8 Å². The van der Waals surface area contributed by atoms with E-state index in [1.807, 2.05) is 0 Å². The first-order valence-electron chi connectivity index (χ1n) is 7.87. The fraction of sp³-hybridized carbons (Fsp3) is 0.167. The van der Waals surface area contributed by atoms with E-state index in [4.69, 9.17) is 17.0 Å². The van der Waals surface area contributed by atoms with Crippen molar-refractivity contribution in [1.29, 1.82) is 0 Å². The van der Waals surface area contributed by atoms with Crippen molar-refractivity contribution in [3.05, 3.63) is 59.7 Å². The molecule has 0 radical (unpaired) electrons. The minimum atomic E-state index is -4.52. The maximum atomic E-state index is 13.0. The minimum Gasteiger partial charge on any atom is -0.546 e. The fourth-order valence-electron chi connectivity index (χ4n) is 2.14. The number of carbonyl (C=O) groups is 1. The van der Waals surface area contributed by atoms with Crippen LogP contribution in [0.25, 0.3) is 0 Å². The number of anilines is 1. The van der Waals surface area contributed by atoms with Gasteiger partial charge in [0.15, 0.2) is 5.11 Å². The molecule has 2 aromatic carbocycles. The molecule has 0 amide bonds. The number of para-hydroxylation sites is 1. The molecule has 0 aromatic heterocycles. The van der Waals surface area contributed by atoms with Crippen LogP contribution in [0, 0.1) is 0 Å². The summed E-state index contributed by atoms with van der Waals surface area (Å²) in [4.78, 5) is 10.4. The molecule has 0 heterocycles. The largest absolute Gasteiger partial charge is 0.546 e. The SMILES string of the molecule is C/C(=N/NC(=S)Nc1ccccc1C(F)(F)F)c1cccc(OCC(=O)[O-])c1. The summed E-state index contributed by atoms with van der Waals surface area (Å²) in [7, 11) is 0. The molecule has 0 saturated carbocycles. The van der Waals surface area contributed by atoms with Gasteiger partial charge in [0.1, 0.15) is 12.4 Å². The molecule has 2 N–H and O–H groups in total. The third-order valence-corrected chi connectivity index (χ3v) is 3.61. The van der Waals surface area contributed by atoms with Crippen molar-refractivity contribution in [2.75, 3.05) is 11.9 Å². The number of nitrogens with zero attached hydrogens (tertiary/aromatic N) is 1. The van der Waals surface area contributed by atoms with E-state index in [1.54, 1.807) is 31.2 Å². The first-order valence-corrected chi connectivity index (χ1v) is 8.28. The molecule has 6 nitrogen and oxygen atoms in total.